The molecule has 0 heterocycles. The van der Waals surface area contributed by atoms with Crippen molar-refractivity contribution in [3.05, 3.63) is 51.0 Å². The van der Waals surface area contributed by atoms with E-state index in [1.54, 1.807) is 6.07 Å². The van der Waals surface area contributed by atoms with Crippen molar-refractivity contribution in [1.29, 1.82) is 0 Å². The first-order valence-corrected chi connectivity index (χ1v) is 6.69. The van der Waals surface area contributed by atoms with E-state index in [2.05, 4.69) is 0 Å². The van der Waals surface area contributed by atoms with Crippen LogP contribution in [0.2, 0.25) is 15.1 Å². The summed E-state index contributed by atoms with van der Waals surface area (Å²) < 4.78 is 31.1. The van der Waals surface area contributed by atoms with Crippen molar-refractivity contribution >= 4 is 34.8 Å². The van der Waals surface area contributed by atoms with Crippen molar-refractivity contribution in [3.63, 3.8) is 0 Å². The quantitative estimate of drug-likeness (QED) is 0.642. The predicted octanol–water partition coefficient (Wildman–Crippen LogP) is 6.26. The average Bonchev–Trinajstić information content (AvgIpc) is 2.37. The van der Waals surface area contributed by atoms with Crippen LogP contribution in [-0.4, -0.2) is 7.11 Å². The fourth-order valence-corrected chi connectivity index (χ4v) is 2.97. The Bertz CT molecular complexity index is 621. The zero-order chi connectivity index (χ0) is 14.9. The summed E-state index contributed by atoms with van der Waals surface area (Å²) in [6.07, 6.45) is -2.66. The van der Waals surface area contributed by atoms with E-state index in [1.807, 2.05) is 0 Å². The maximum absolute atomic E-state index is 13.0. The first-order chi connectivity index (χ1) is 9.45. The van der Waals surface area contributed by atoms with Crippen molar-refractivity contribution in [1.82, 2.24) is 0 Å². The molecule has 0 saturated carbocycles. The molecule has 0 aliphatic rings. The minimum Gasteiger partial charge on any atom is -0.496 e. The van der Waals surface area contributed by atoms with Crippen LogP contribution in [0.4, 0.5) is 8.78 Å². The summed E-state index contributed by atoms with van der Waals surface area (Å²) in [5, 5.41) is 0.909. The molecule has 0 unspecified atom stereocenters. The number of hydrogen-bond acceptors (Lipinski definition) is 1. The first kappa shape index (κ1) is 15.4. The molecule has 0 atom stereocenters. The Hall–Kier alpha value is -1.03. The Morgan fingerprint density at radius 3 is 2.15 bits per heavy atom. The molecule has 0 bridgehead atoms. The highest BCUT2D eigenvalue weighted by Gasteiger charge is 2.21. The van der Waals surface area contributed by atoms with Gasteiger partial charge in [0.15, 0.2) is 0 Å². The van der Waals surface area contributed by atoms with Crippen molar-refractivity contribution in [3.8, 4) is 16.9 Å². The van der Waals surface area contributed by atoms with Gasteiger partial charge >= 0.3 is 0 Å². The Morgan fingerprint density at radius 2 is 1.65 bits per heavy atom. The molecule has 106 valence electrons. The molecular weight excluding hydrogens is 329 g/mol. The Balaban J connectivity index is 2.73. The van der Waals surface area contributed by atoms with Crippen LogP contribution in [0.5, 0.6) is 5.75 Å². The zero-order valence-electron chi connectivity index (χ0n) is 10.3. The number of ether oxygens (including phenoxy) is 1. The van der Waals surface area contributed by atoms with Crippen LogP contribution in [-0.2, 0) is 0 Å². The average molecular weight is 338 g/mol. The van der Waals surface area contributed by atoms with Gasteiger partial charge in [0.25, 0.3) is 6.43 Å². The van der Waals surface area contributed by atoms with Crippen molar-refractivity contribution < 1.29 is 13.5 Å². The summed E-state index contributed by atoms with van der Waals surface area (Å²) in [4.78, 5) is 0. The van der Waals surface area contributed by atoms with Crippen molar-refractivity contribution in [2.45, 2.75) is 6.43 Å². The Morgan fingerprint density at radius 1 is 1.05 bits per heavy atom. The zero-order valence-corrected chi connectivity index (χ0v) is 12.5. The Labute approximate surface area is 130 Å². The normalized spacial score (nSPS) is 10.9. The predicted molar refractivity (Wildman–Crippen MR) is 78.4 cm³/mol. The van der Waals surface area contributed by atoms with Gasteiger partial charge < -0.3 is 4.74 Å². The number of alkyl halides is 2. The smallest absolute Gasteiger partial charge is 0.267 e. The van der Waals surface area contributed by atoms with Gasteiger partial charge in [-0.3, -0.25) is 0 Å². The fraction of sp³-hybridized carbons (Fsp3) is 0.143. The van der Waals surface area contributed by atoms with Crippen LogP contribution in [0.15, 0.2) is 30.3 Å². The highest BCUT2D eigenvalue weighted by molar-refractivity contribution is 6.41. The van der Waals surface area contributed by atoms with Gasteiger partial charge in [-0.15, -0.1) is 0 Å². The van der Waals surface area contributed by atoms with Crippen molar-refractivity contribution in [2.75, 3.05) is 7.11 Å². The minimum atomic E-state index is -2.66. The van der Waals surface area contributed by atoms with Gasteiger partial charge in [-0.1, -0.05) is 46.9 Å². The number of rotatable bonds is 3. The summed E-state index contributed by atoms with van der Waals surface area (Å²) in [6, 6.07) is 7.41. The molecule has 0 radical (unpaired) electrons. The monoisotopic (exact) mass is 336 g/mol. The lowest BCUT2D eigenvalue weighted by molar-refractivity contribution is 0.147. The topological polar surface area (TPSA) is 9.23 Å². The van der Waals surface area contributed by atoms with Gasteiger partial charge in [0.2, 0.25) is 0 Å². The van der Waals surface area contributed by atoms with E-state index in [-0.39, 0.29) is 21.4 Å². The van der Waals surface area contributed by atoms with Gasteiger partial charge in [0, 0.05) is 16.1 Å². The van der Waals surface area contributed by atoms with E-state index in [1.165, 1.54) is 31.4 Å². The molecule has 1 nitrogen and oxygen atoms in total. The fourth-order valence-electron chi connectivity index (χ4n) is 1.95. The van der Waals surface area contributed by atoms with Gasteiger partial charge in [-0.2, -0.15) is 0 Å². The molecule has 0 aliphatic heterocycles. The second kappa shape index (κ2) is 6.17. The lowest BCUT2D eigenvalue weighted by atomic mass is 10.0. The number of methoxy groups -OCH3 is 1. The lowest BCUT2D eigenvalue weighted by Gasteiger charge is -2.15. The maximum atomic E-state index is 13.0. The largest absolute Gasteiger partial charge is 0.496 e. The van der Waals surface area contributed by atoms with Gasteiger partial charge in [-0.05, 0) is 18.2 Å². The van der Waals surface area contributed by atoms with E-state index >= 15 is 0 Å². The first-order valence-electron chi connectivity index (χ1n) is 5.55. The lowest BCUT2D eigenvalue weighted by Crippen LogP contribution is -1.96. The van der Waals surface area contributed by atoms with Crippen LogP contribution >= 0.6 is 34.8 Å². The number of halogens is 5. The van der Waals surface area contributed by atoms with E-state index in [0.29, 0.717) is 16.1 Å². The van der Waals surface area contributed by atoms with E-state index in [0.717, 1.165) is 0 Å². The van der Waals surface area contributed by atoms with Gasteiger partial charge in [0.05, 0.1) is 22.7 Å². The third-order valence-corrected chi connectivity index (χ3v) is 3.58. The molecule has 0 saturated heterocycles. The summed E-state index contributed by atoms with van der Waals surface area (Å²) in [6.45, 7) is 0. The highest BCUT2D eigenvalue weighted by atomic mass is 35.5. The van der Waals surface area contributed by atoms with E-state index in [9.17, 15) is 8.78 Å². The molecule has 2 aromatic rings. The van der Waals surface area contributed by atoms with E-state index < -0.39 is 6.43 Å². The summed E-state index contributed by atoms with van der Waals surface area (Å²) in [7, 11) is 1.32. The summed E-state index contributed by atoms with van der Waals surface area (Å²) in [5.74, 6) is 0.0497. The third-order valence-electron chi connectivity index (χ3n) is 2.76. The molecule has 0 N–H and O–H groups in total. The van der Waals surface area contributed by atoms with E-state index in [4.69, 9.17) is 39.5 Å². The second-order valence-electron chi connectivity index (χ2n) is 3.97. The molecule has 0 spiro atoms. The SMILES string of the molecule is COc1c(-c2c(Cl)cc(Cl)cc2Cl)cccc1C(F)F. The molecule has 2 rings (SSSR count). The molecule has 2 aromatic carbocycles. The summed E-state index contributed by atoms with van der Waals surface area (Å²) >= 11 is 18.1. The second-order valence-corrected chi connectivity index (χ2v) is 5.22. The Kier molecular flexibility index (Phi) is 4.74. The number of benzene rings is 2. The molecule has 0 aliphatic carbocycles. The third kappa shape index (κ3) is 2.85. The van der Waals surface area contributed by atoms with Crippen LogP contribution in [0.25, 0.3) is 11.1 Å². The highest BCUT2D eigenvalue weighted by Crippen LogP contribution is 2.44. The standard InChI is InChI=1S/C14H9Cl3F2O/c1-20-13-8(3-2-4-9(13)14(18)19)12-10(16)5-7(15)6-11(12)17/h2-6,14H,1H3. The molecule has 0 fully saturated rings. The van der Waals surface area contributed by atoms with Crippen LogP contribution in [0.1, 0.15) is 12.0 Å². The number of para-hydroxylation sites is 1. The minimum absolute atomic E-state index is 0.0497. The van der Waals surface area contributed by atoms with Crippen LogP contribution in [0, 0.1) is 0 Å². The molecule has 6 heteroatoms. The number of hydrogen-bond donors (Lipinski definition) is 0. The van der Waals surface area contributed by atoms with Crippen molar-refractivity contribution in [2.24, 2.45) is 0 Å². The van der Waals surface area contributed by atoms with Crippen LogP contribution in [0.3, 0.4) is 0 Å². The molecular formula is C14H9Cl3F2O. The summed E-state index contributed by atoms with van der Waals surface area (Å²) in [5.41, 5.74) is 0.598. The van der Waals surface area contributed by atoms with Gasteiger partial charge in [0.1, 0.15) is 5.75 Å². The molecule has 0 aromatic heterocycles. The maximum Gasteiger partial charge on any atom is 0.267 e. The van der Waals surface area contributed by atoms with Crippen LogP contribution < -0.4 is 4.74 Å². The molecule has 20 heavy (non-hydrogen) atoms. The van der Waals surface area contributed by atoms with Gasteiger partial charge in [-0.25, -0.2) is 8.78 Å². The molecule has 0 amide bonds.